The molecule has 3 aromatic rings. The van der Waals surface area contributed by atoms with Gasteiger partial charge in [-0.2, -0.15) is 0 Å². The Morgan fingerprint density at radius 3 is 2.96 bits per heavy atom. The number of para-hydroxylation sites is 1. The van der Waals surface area contributed by atoms with Gasteiger partial charge in [-0.05, 0) is 24.6 Å². The van der Waals surface area contributed by atoms with Crippen LogP contribution in [0.1, 0.15) is 30.0 Å². The minimum absolute atomic E-state index is 0.0102. The summed E-state index contributed by atoms with van der Waals surface area (Å²) in [5, 5.41) is 22.1. The van der Waals surface area contributed by atoms with Crippen molar-refractivity contribution in [3.05, 3.63) is 63.4 Å². The molecule has 0 fully saturated rings. The lowest BCUT2D eigenvalue weighted by Crippen LogP contribution is -2.47. The molecule has 2 N–H and O–H groups in total. The molecule has 5 rings (SSSR count). The van der Waals surface area contributed by atoms with Crippen LogP contribution in [-0.2, 0) is 23.5 Å². The summed E-state index contributed by atoms with van der Waals surface area (Å²) in [6.45, 7) is 2.19. The summed E-state index contributed by atoms with van der Waals surface area (Å²) < 4.78 is 6.94. The van der Waals surface area contributed by atoms with Gasteiger partial charge in [0.15, 0.2) is 6.29 Å². The van der Waals surface area contributed by atoms with Gasteiger partial charge in [0, 0.05) is 22.1 Å². The molecule has 0 spiro atoms. The molecule has 0 bridgehead atoms. The van der Waals surface area contributed by atoms with E-state index in [1.165, 1.54) is 0 Å². The van der Waals surface area contributed by atoms with Crippen molar-refractivity contribution in [3.63, 3.8) is 0 Å². The highest BCUT2D eigenvalue weighted by atomic mass is 16.6. The van der Waals surface area contributed by atoms with Crippen LogP contribution in [0.15, 0.2) is 41.2 Å². The van der Waals surface area contributed by atoms with E-state index in [-0.39, 0.29) is 18.6 Å². The number of pyridine rings is 2. The summed E-state index contributed by atoms with van der Waals surface area (Å²) in [5.41, 5.74) is 2.32. The fourth-order valence-electron chi connectivity index (χ4n) is 4.04. The van der Waals surface area contributed by atoms with Gasteiger partial charge in [-0.3, -0.25) is 4.79 Å². The van der Waals surface area contributed by atoms with Crippen molar-refractivity contribution in [1.29, 1.82) is 0 Å². The number of rotatable bonds is 1. The summed E-state index contributed by atoms with van der Waals surface area (Å²) in [6.07, 6.45) is -1.12. The average molecular weight is 350 g/mol. The van der Waals surface area contributed by atoms with Crippen LogP contribution in [0, 0.1) is 0 Å². The highest BCUT2D eigenvalue weighted by molar-refractivity contribution is 5.84. The van der Waals surface area contributed by atoms with Crippen molar-refractivity contribution in [2.45, 2.75) is 38.4 Å². The van der Waals surface area contributed by atoms with Gasteiger partial charge in [0.2, 0.25) is 0 Å². The van der Waals surface area contributed by atoms with Crippen molar-refractivity contribution >= 4 is 10.9 Å². The molecule has 2 aliphatic heterocycles. The van der Waals surface area contributed by atoms with Gasteiger partial charge < -0.3 is 19.5 Å². The van der Waals surface area contributed by atoms with Gasteiger partial charge in [-0.25, -0.2) is 4.98 Å². The van der Waals surface area contributed by atoms with Gasteiger partial charge in [0.25, 0.3) is 5.56 Å². The Labute approximate surface area is 149 Å². The van der Waals surface area contributed by atoms with E-state index in [2.05, 4.69) is 6.07 Å². The smallest absolute Gasteiger partial charge is 0.257 e. The van der Waals surface area contributed by atoms with E-state index in [0.717, 1.165) is 22.2 Å². The molecule has 6 nitrogen and oxygen atoms in total. The SMILES string of the molecule is CC[C@@]1(O)c2cc3n(c(=O)c2CO[C@H]1O)Cc1cc2ccccc2nc1-3. The number of aliphatic hydroxyl groups is 2. The minimum Gasteiger partial charge on any atom is -0.380 e. The number of fused-ring (bicyclic) bond motifs is 5. The van der Waals surface area contributed by atoms with Gasteiger partial charge in [-0.1, -0.05) is 25.1 Å². The molecule has 1 aromatic carbocycles. The van der Waals surface area contributed by atoms with E-state index < -0.39 is 11.9 Å². The third-order valence-electron chi connectivity index (χ3n) is 5.57. The molecule has 0 radical (unpaired) electrons. The highest BCUT2D eigenvalue weighted by Crippen LogP contribution is 2.39. The van der Waals surface area contributed by atoms with E-state index in [1.807, 2.05) is 24.3 Å². The molecular weight excluding hydrogens is 332 g/mol. The zero-order valence-corrected chi connectivity index (χ0v) is 14.3. The van der Waals surface area contributed by atoms with Crippen LogP contribution in [-0.4, -0.2) is 26.1 Å². The number of hydrogen-bond donors (Lipinski definition) is 2. The van der Waals surface area contributed by atoms with Crippen LogP contribution in [0.25, 0.3) is 22.3 Å². The Hall–Kier alpha value is -2.54. The quantitative estimate of drug-likeness (QED) is 0.547. The second-order valence-electron chi connectivity index (χ2n) is 6.94. The summed E-state index contributed by atoms with van der Waals surface area (Å²) in [4.78, 5) is 17.8. The fourth-order valence-corrected chi connectivity index (χ4v) is 4.04. The van der Waals surface area contributed by atoms with Crippen LogP contribution in [0.5, 0.6) is 0 Å². The van der Waals surface area contributed by atoms with Crippen molar-refractivity contribution in [3.8, 4) is 11.4 Å². The van der Waals surface area contributed by atoms with E-state index in [1.54, 1.807) is 17.6 Å². The van der Waals surface area contributed by atoms with Gasteiger partial charge in [0.1, 0.15) is 5.60 Å². The number of hydrogen-bond acceptors (Lipinski definition) is 5. The fraction of sp³-hybridized carbons (Fsp3) is 0.300. The van der Waals surface area contributed by atoms with Crippen molar-refractivity contribution in [2.75, 3.05) is 0 Å². The Kier molecular flexibility index (Phi) is 3.16. The van der Waals surface area contributed by atoms with Crippen LogP contribution in [0.4, 0.5) is 0 Å². The molecular formula is C20H18N2O4. The Balaban J connectivity index is 1.80. The zero-order valence-electron chi connectivity index (χ0n) is 14.3. The number of nitrogens with zero attached hydrogens (tertiary/aromatic N) is 2. The largest absolute Gasteiger partial charge is 0.380 e. The highest BCUT2D eigenvalue weighted by Gasteiger charge is 2.44. The Bertz CT molecular complexity index is 1120. The number of benzene rings is 1. The lowest BCUT2D eigenvalue weighted by molar-refractivity contribution is -0.236. The monoisotopic (exact) mass is 350 g/mol. The molecule has 0 saturated heterocycles. The molecule has 4 heterocycles. The normalized spacial score (nSPS) is 23.6. The molecule has 0 aliphatic carbocycles. The van der Waals surface area contributed by atoms with E-state index in [9.17, 15) is 15.0 Å². The Morgan fingerprint density at radius 1 is 1.35 bits per heavy atom. The van der Waals surface area contributed by atoms with Crippen molar-refractivity contribution in [2.24, 2.45) is 0 Å². The van der Waals surface area contributed by atoms with E-state index in [4.69, 9.17) is 9.72 Å². The van der Waals surface area contributed by atoms with Crippen molar-refractivity contribution in [1.82, 2.24) is 9.55 Å². The second-order valence-corrected chi connectivity index (χ2v) is 6.94. The van der Waals surface area contributed by atoms with Crippen LogP contribution in [0.3, 0.4) is 0 Å². The topological polar surface area (TPSA) is 84.6 Å². The zero-order chi connectivity index (χ0) is 18.1. The number of aromatic nitrogens is 2. The summed E-state index contributed by atoms with van der Waals surface area (Å²) in [5.74, 6) is 0. The second kappa shape index (κ2) is 5.23. The number of ether oxygens (including phenoxy) is 1. The van der Waals surface area contributed by atoms with Gasteiger partial charge >= 0.3 is 0 Å². The van der Waals surface area contributed by atoms with Crippen LogP contribution in [0.2, 0.25) is 0 Å². The first-order chi connectivity index (χ1) is 12.5. The first kappa shape index (κ1) is 15.7. The standard InChI is InChI=1S/C20H18N2O4/c1-2-20(25)14-8-16-17-12(7-11-5-3-4-6-15(11)21-17)9-22(16)18(23)13(14)10-26-19(20)24/h3-8,19,24-25H,2,9-10H2,1H3/t19-,20-/m1/s1. The summed E-state index contributed by atoms with van der Waals surface area (Å²) in [6, 6.07) is 11.7. The molecule has 0 saturated carbocycles. The molecule has 6 heteroatoms. The third kappa shape index (κ3) is 1.92. The predicted octanol–water partition coefficient (Wildman–Crippen LogP) is 1.87. The molecule has 2 atom stereocenters. The number of aliphatic hydroxyl groups excluding tert-OH is 1. The van der Waals surface area contributed by atoms with Gasteiger partial charge in [0.05, 0.1) is 30.1 Å². The molecule has 2 aliphatic rings. The average Bonchev–Trinajstić information content (AvgIpc) is 3.01. The summed E-state index contributed by atoms with van der Waals surface area (Å²) in [7, 11) is 0. The maximum Gasteiger partial charge on any atom is 0.257 e. The van der Waals surface area contributed by atoms with Crippen molar-refractivity contribution < 1.29 is 14.9 Å². The molecule has 0 unspecified atom stereocenters. The molecule has 0 amide bonds. The predicted molar refractivity (Wildman–Crippen MR) is 95.5 cm³/mol. The maximum absolute atomic E-state index is 13.0. The van der Waals surface area contributed by atoms with Gasteiger partial charge in [-0.15, -0.1) is 0 Å². The summed E-state index contributed by atoms with van der Waals surface area (Å²) >= 11 is 0. The van der Waals surface area contributed by atoms with E-state index >= 15 is 0 Å². The minimum atomic E-state index is -1.60. The molecule has 26 heavy (non-hydrogen) atoms. The van der Waals surface area contributed by atoms with E-state index in [0.29, 0.717) is 23.4 Å². The van der Waals surface area contributed by atoms with Crippen LogP contribution >= 0.6 is 0 Å². The molecule has 2 aromatic heterocycles. The first-order valence-electron chi connectivity index (χ1n) is 8.71. The molecule has 132 valence electrons. The first-order valence-corrected chi connectivity index (χ1v) is 8.71. The Morgan fingerprint density at radius 2 is 2.15 bits per heavy atom. The van der Waals surface area contributed by atoms with Crippen LogP contribution < -0.4 is 5.56 Å². The lowest BCUT2D eigenvalue weighted by atomic mass is 9.85. The maximum atomic E-state index is 13.0. The third-order valence-corrected chi connectivity index (χ3v) is 5.57. The lowest BCUT2D eigenvalue weighted by Gasteiger charge is -2.37.